The fourth-order valence-electron chi connectivity index (χ4n) is 1.87. The fraction of sp³-hybridized carbons (Fsp3) is 0. The van der Waals surface area contributed by atoms with E-state index in [0.29, 0.717) is 15.9 Å². The van der Waals surface area contributed by atoms with Crippen LogP contribution in [0.5, 0.6) is 0 Å². The molecule has 2 heterocycles. The van der Waals surface area contributed by atoms with Gasteiger partial charge in [-0.2, -0.15) is 0 Å². The van der Waals surface area contributed by atoms with E-state index in [-0.39, 0.29) is 5.56 Å². The highest BCUT2D eigenvalue weighted by Gasteiger charge is 2.05. The molecule has 0 atom stereocenters. The largest absolute Gasteiger partial charge is 0.269 e. The Bertz CT molecular complexity index is 766. The summed E-state index contributed by atoms with van der Waals surface area (Å²) < 4.78 is 2.24. The SMILES string of the molecule is O=c1cc(-c2ccccc2)nc2cccc(Br)n12. The monoisotopic (exact) mass is 300 g/mol. The average Bonchev–Trinajstić information content (AvgIpc) is 2.39. The molecular weight excluding hydrogens is 292 g/mol. The molecule has 0 bridgehead atoms. The number of pyridine rings is 1. The van der Waals surface area contributed by atoms with Crippen LogP contribution in [0.25, 0.3) is 16.9 Å². The lowest BCUT2D eigenvalue weighted by molar-refractivity contribution is 1.02. The topological polar surface area (TPSA) is 34.4 Å². The van der Waals surface area contributed by atoms with E-state index in [1.165, 1.54) is 4.40 Å². The fourth-order valence-corrected chi connectivity index (χ4v) is 2.38. The summed E-state index contributed by atoms with van der Waals surface area (Å²) in [5.41, 5.74) is 2.18. The summed E-state index contributed by atoms with van der Waals surface area (Å²) in [5, 5.41) is 0. The minimum atomic E-state index is -0.0914. The van der Waals surface area contributed by atoms with E-state index in [9.17, 15) is 4.79 Å². The third kappa shape index (κ3) is 1.84. The van der Waals surface area contributed by atoms with E-state index in [1.807, 2.05) is 48.5 Å². The van der Waals surface area contributed by atoms with Crippen LogP contribution in [0.2, 0.25) is 0 Å². The van der Waals surface area contributed by atoms with Gasteiger partial charge in [0.2, 0.25) is 0 Å². The van der Waals surface area contributed by atoms with Crippen LogP contribution in [0.4, 0.5) is 0 Å². The molecule has 18 heavy (non-hydrogen) atoms. The lowest BCUT2D eigenvalue weighted by Crippen LogP contribution is -2.15. The van der Waals surface area contributed by atoms with Crippen molar-refractivity contribution in [2.75, 3.05) is 0 Å². The van der Waals surface area contributed by atoms with E-state index >= 15 is 0 Å². The van der Waals surface area contributed by atoms with Crippen LogP contribution < -0.4 is 5.56 Å². The quantitative estimate of drug-likeness (QED) is 0.647. The summed E-state index contributed by atoms with van der Waals surface area (Å²) >= 11 is 3.35. The third-order valence-electron chi connectivity index (χ3n) is 2.71. The standard InChI is InChI=1S/C14H9BrN2O/c15-12-7-4-8-13-16-11(9-14(18)17(12)13)10-5-2-1-3-6-10/h1-9H. The van der Waals surface area contributed by atoms with E-state index in [1.54, 1.807) is 6.07 Å². The molecule has 3 nitrogen and oxygen atoms in total. The van der Waals surface area contributed by atoms with Crippen molar-refractivity contribution >= 4 is 21.6 Å². The van der Waals surface area contributed by atoms with Gasteiger partial charge in [-0.3, -0.25) is 9.20 Å². The smallest absolute Gasteiger partial charge is 0.259 e. The van der Waals surface area contributed by atoms with Gasteiger partial charge in [-0.05, 0) is 28.1 Å². The molecule has 0 aliphatic rings. The van der Waals surface area contributed by atoms with Crippen molar-refractivity contribution < 1.29 is 0 Å². The Balaban J connectivity index is 2.33. The van der Waals surface area contributed by atoms with Crippen LogP contribution in [0.15, 0.2) is 64.0 Å². The number of nitrogens with zero attached hydrogens (tertiary/aromatic N) is 2. The summed E-state index contributed by atoms with van der Waals surface area (Å²) in [6, 6.07) is 16.7. The van der Waals surface area contributed by atoms with E-state index in [0.717, 1.165) is 5.56 Å². The highest BCUT2D eigenvalue weighted by molar-refractivity contribution is 9.10. The van der Waals surface area contributed by atoms with Crippen molar-refractivity contribution in [3.05, 3.63) is 69.6 Å². The molecule has 2 aromatic heterocycles. The maximum atomic E-state index is 12.1. The number of halogens is 1. The van der Waals surface area contributed by atoms with Gasteiger partial charge in [0.1, 0.15) is 5.65 Å². The molecule has 0 radical (unpaired) electrons. The molecule has 3 rings (SSSR count). The Kier molecular flexibility index (Phi) is 2.72. The number of aromatic nitrogens is 2. The lowest BCUT2D eigenvalue weighted by Gasteiger charge is -2.05. The molecular formula is C14H9BrN2O. The predicted octanol–water partition coefficient (Wildman–Crippen LogP) is 3.12. The highest BCUT2D eigenvalue weighted by Crippen LogP contribution is 2.17. The summed E-state index contributed by atoms with van der Waals surface area (Å²) in [7, 11) is 0. The van der Waals surface area contributed by atoms with Crippen LogP contribution in [0, 0.1) is 0 Å². The molecule has 0 aliphatic carbocycles. The van der Waals surface area contributed by atoms with Gasteiger partial charge in [0.15, 0.2) is 0 Å². The Hall–Kier alpha value is -1.94. The van der Waals surface area contributed by atoms with E-state index in [2.05, 4.69) is 20.9 Å². The second-order valence-corrected chi connectivity index (χ2v) is 4.70. The van der Waals surface area contributed by atoms with Crippen LogP contribution in [0.1, 0.15) is 0 Å². The number of fused-ring (bicyclic) bond motifs is 1. The van der Waals surface area contributed by atoms with Gasteiger partial charge < -0.3 is 0 Å². The van der Waals surface area contributed by atoms with Crippen LogP contribution in [-0.4, -0.2) is 9.38 Å². The molecule has 0 saturated heterocycles. The summed E-state index contributed by atoms with van der Waals surface area (Å²) in [4.78, 5) is 16.6. The van der Waals surface area contributed by atoms with Gasteiger partial charge in [-0.1, -0.05) is 36.4 Å². The number of hydrogen-bond donors (Lipinski definition) is 0. The molecule has 0 saturated carbocycles. The Morgan fingerprint density at radius 2 is 1.78 bits per heavy atom. The molecule has 0 N–H and O–H groups in total. The third-order valence-corrected chi connectivity index (χ3v) is 3.33. The van der Waals surface area contributed by atoms with Crippen molar-refractivity contribution in [3.8, 4) is 11.3 Å². The first-order valence-corrected chi connectivity index (χ1v) is 6.29. The molecule has 0 spiro atoms. The number of benzene rings is 1. The Labute approximate surface area is 112 Å². The predicted molar refractivity (Wildman–Crippen MR) is 74.6 cm³/mol. The zero-order valence-electron chi connectivity index (χ0n) is 9.38. The second kappa shape index (κ2) is 4.38. The van der Waals surface area contributed by atoms with Crippen molar-refractivity contribution in [2.45, 2.75) is 0 Å². The Morgan fingerprint density at radius 3 is 2.56 bits per heavy atom. The molecule has 4 heteroatoms. The normalized spacial score (nSPS) is 10.7. The molecule has 0 unspecified atom stereocenters. The first-order chi connectivity index (χ1) is 8.75. The lowest BCUT2D eigenvalue weighted by atomic mass is 10.1. The molecule has 1 aromatic carbocycles. The van der Waals surface area contributed by atoms with Crippen molar-refractivity contribution in [1.29, 1.82) is 0 Å². The Morgan fingerprint density at radius 1 is 1.00 bits per heavy atom. The average molecular weight is 301 g/mol. The van der Waals surface area contributed by atoms with Gasteiger partial charge in [0, 0.05) is 11.6 Å². The first kappa shape index (κ1) is 11.2. The molecule has 0 amide bonds. The van der Waals surface area contributed by atoms with Gasteiger partial charge in [-0.25, -0.2) is 4.98 Å². The van der Waals surface area contributed by atoms with Crippen LogP contribution in [-0.2, 0) is 0 Å². The molecule has 0 aliphatic heterocycles. The minimum absolute atomic E-state index is 0.0914. The summed E-state index contributed by atoms with van der Waals surface area (Å²) in [6.45, 7) is 0. The van der Waals surface area contributed by atoms with Crippen molar-refractivity contribution in [1.82, 2.24) is 9.38 Å². The van der Waals surface area contributed by atoms with Crippen LogP contribution in [0.3, 0.4) is 0 Å². The maximum absolute atomic E-state index is 12.1. The van der Waals surface area contributed by atoms with Gasteiger partial charge >= 0.3 is 0 Å². The zero-order valence-corrected chi connectivity index (χ0v) is 11.0. The van der Waals surface area contributed by atoms with Gasteiger partial charge in [0.05, 0.1) is 10.3 Å². The molecule has 88 valence electrons. The van der Waals surface area contributed by atoms with E-state index in [4.69, 9.17) is 0 Å². The minimum Gasteiger partial charge on any atom is -0.269 e. The molecule has 0 fully saturated rings. The maximum Gasteiger partial charge on any atom is 0.259 e. The van der Waals surface area contributed by atoms with Gasteiger partial charge in [-0.15, -0.1) is 0 Å². The van der Waals surface area contributed by atoms with E-state index < -0.39 is 0 Å². The zero-order chi connectivity index (χ0) is 12.5. The van der Waals surface area contributed by atoms with Crippen molar-refractivity contribution in [2.24, 2.45) is 0 Å². The highest BCUT2D eigenvalue weighted by atomic mass is 79.9. The number of hydrogen-bond acceptors (Lipinski definition) is 2. The second-order valence-electron chi connectivity index (χ2n) is 3.89. The summed E-state index contributed by atoms with van der Waals surface area (Å²) in [5.74, 6) is 0. The summed E-state index contributed by atoms with van der Waals surface area (Å²) in [6.07, 6.45) is 0. The van der Waals surface area contributed by atoms with Crippen molar-refractivity contribution in [3.63, 3.8) is 0 Å². The molecule has 3 aromatic rings. The number of rotatable bonds is 1. The van der Waals surface area contributed by atoms with Gasteiger partial charge in [0.25, 0.3) is 5.56 Å². The first-order valence-electron chi connectivity index (χ1n) is 5.49. The van der Waals surface area contributed by atoms with Crippen LogP contribution >= 0.6 is 15.9 Å².